The first-order valence-electron chi connectivity index (χ1n) is 5.68. The van der Waals surface area contributed by atoms with E-state index >= 15 is 0 Å². The molecule has 0 aliphatic carbocycles. The Morgan fingerprint density at radius 2 is 1.86 bits per heavy atom. The van der Waals surface area contributed by atoms with Crippen LogP contribution in [0.15, 0.2) is 0 Å². The van der Waals surface area contributed by atoms with Gasteiger partial charge in [-0.3, -0.25) is 4.79 Å². The van der Waals surface area contributed by atoms with E-state index in [-0.39, 0.29) is 0 Å². The summed E-state index contributed by atoms with van der Waals surface area (Å²) in [5.41, 5.74) is 0. The van der Waals surface area contributed by atoms with Crippen LogP contribution in [-0.2, 0) is 4.79 Å². The zero-order chi connectivity index (χ0) is 10.1. The smallest absolute Gasteiger partial charge is 0.223 e. The molecule has 2 rings (SSSR count). The molecule has 0 N–H and O–H groups in total. The number of nitrogens with zero attached hydrogens (tertiary/aromatic N) is 2. The van der Waals surface area contributed by atoms with E-state index in [0.717, 1.165) is 38.8 Å². The minimum atomic E-state index is 0.382. The summed E-state index contributed by atoms with van der Waals surface area (Å²) in [4.78, 5) is 16.2. The second-order valence-corrected chi connectivity index (χ2v) is 4.72. The maximum Gasteiger partial charge on any atom is 0.223 e. The highest BCUT2D eigenvalue weighted by molar-refractivity contribution is 5.79. The SMILES string of the molecule is C[C@H]1CCC(=O)N1C1CCN(C)CC1. The Balaban J connectivity index is 1.97. The van der Waals surface area contributed by atoms with Crippen molar-refractivity contribution in [3.63, 3.8) is 0 Å². The highest BCUT2D eigenvalue weighted by Crippen LogP contribution is 2.26. The van der Waals surface area contributed by atoms with Crippen molar-refractivity contribution in [1.82, 2.24) is 9.80 Å². The molecule has 14 heavy (non-hydrogen) atoms. The van der Waals surface area contributed by atoms with Gasteiger partial charge in [0.15, 0.2) is 0 Å². The highest BCUT2D eigenvalue weighted by Gasteiger charge is 2.34. The van der Waals surface area contributed by atoms with Gasteiger partial charge in [-0.05, 0) is 46.3 Å². The van der Waals surface area contributed by atoms with Gasteiger partial charge in [0.25, 0.3) is 0 Å². The summed E-state index contributed by atoms with van der Waals surface area (Å²) in [5, 5.41) is 0. The van der Waals surface area contributed by atoms with Crippen LogP contribution in [0.1, 0.15) is 32.6 Å². The van der Waals surface area contributed by atoms with Crippen LogP contribution < -0.4 is 0 Å². The van der Waals surface area contributed by atoms with E-state index in [4.69, 9.17) is 0 Å². The lowest BCUT2D eigenvalue weighted by Crippen LogP contribution is -2.46. The molecule has 3 nitrogen and oxygen atoms in total. The molecule has 2 aliphatic rings. The van der Waals surface area contributed by atoms with Crippen molar-refractivity contribution >= 4 is 5.91 Å². The average molecular weight is 196 g/mol. The lowest BCUT2D eigenvalue weighted by molar-refractivity contribution is -0.131. The molecule has 0 unspecified atom stereocenters. The number of piperidine rings is 1. The minimum absolute atomic E-state index is 0.382. The first kappa shape index (κ1) is 9.97. The predicted octanol–water partition coefficient (Wildman–Crippen LogP) is 1.09. The first-order chi connectivity index (χ1) is 6.68. The molecule has 80 valence electrons. The molecule has 0 radical (unpaired) electrons. The Hall–Kier alpha value is -0.570. The standard InChI is InChI=1S/C11H20N2O/c1-9-3-4-11(14)13(9)10-5-7-12(2)8-6-10/h9-10H,3-8H2,1-2H3/t9-/m0/s1. The Bertz CT molecular complexity index is 221. The van der Waals surface area contributed by atoms with Crippen LogP contribution in [0, 0.1) is 0 Å². The quantitative estimate of drug-likeness (QED) is 0.627. The zero-order valence-corrected chi connectivity index (χ0v) is 9.20. The maximum atomic E-state index is 11.7. The molecule has 2 aliphatic heterocycles. The number of hydrogen-bond acceptors (Lipinski definition) is 2. The Morgan fingerprint density at radius 1 is 1.21 bits per heavy atom. The van der Waals surface area contributed by atoms with Crippen molar-refractivity contribution in [3.05, 3.63) is 0 Å². The van der Waals surface area contributed by atoms with Crippen LogP contribution in [-0.4, -0.2) is 47.9 Å². The molecule has 0 bridgehead atoms. The van der Waals surface area contributed by atoms with Gasteiger partial charge in [0.05, 0.1) is 0 Å². The summed E-state index contributed by atoms with van der Waals surface area (Å²) in [7, 11) is 2.16. The molecule has 0 aromatic carbocycles. The maximum absolute atomic E-state index is 11.7. The number of carbonyl (C=O) groups excluding carboxylic acids is 1. The van der Waals surface area contributed by atoms with Crippen LogP contribution in [0.5, 0.6) is 0 Å². The van der Waals surface area contributed by atoms with Crippen molar-refractivity contribution in [3.8, 4) is 0 Å². The van der Waals surface area contributed by atoms with E-state index in [0.29, 0.717) is 18.0 Å². The monoisotopic (exact) mass is 196 g/mol. The Morgan fingerprint density at radius 3 is 2.36 bits per heavy atom. The number of likely N-dealkylation sites (tertiary alicyclic amines) is 2. The number of rotatable bonds is 1. The second-order valence-electron chi connectivity index (χ2n) is 4.72. The van der Waals surface area contributed by atoms with Crippen LogP contribution in [0.4, 0.5) is 0 Å². The third-order valence-electron chi connectivity index (χ3n) is 3.62. The van der Waals surface area contributed by atoms with Crippen LogP contribution in [0.2, 0.25) is 0 Å². The fourth-order valence-corrected chi connectivity index (χ4v) is 2.68. The first-order valence-corrected chi connectivity index (χ1v) is 5.68. The predicted molar refractivity (Wildman–Crippen MR) is 56.1 cm³/mol. The van der Waals surface area contributed by atoms with Crippen molar-refractivity contribution in [2.45, 2.75) is 44.7 Å². The Labute approximate surface area is 86.1 Å². The van der Waals surface area contributed by atoms with E-state index < -0.39 is 0 Å². The van der Waals surface area contributed by atoms with E-state index in [2.05, 4.69) is 23.8 Å². The van der Waals surface area contributed by atoms with Gasteiger partial charge in [-0.25, -0.2) is 0 Å². The minimum Gasteiger partial charge on any atom is -0.337 e. The Kier molecular flexibility index (Phi) is 2.77. The summed E-state index contributed by atoms with van der Waals surface area (Å²) in [6, 6.07) is 1.01. The lowest BCUT2D eigenvalue weighted by Gasteiger charge is -2.37. The van der Waals surface area contributed by atoms with Crippen molar-refractivity contribution in [2.75, 3.05) is 20.1 Å². The summed E-state index contributed by atoms with van der Waals surface area (Å²) in [5.74, 6) is 0.382. The molecule has 2 heterocycles. The second kappa shape index (κ2) is 3.89. The average Bonchev–Trinajstić information content (AvgIpc) is 2.49. The fraction of sp³-hybridized carbons (Fsp3) is 0.909. The molecule has 3 heteroatoms. The molecule has 2 fully saturated rings. The van der Waals surface area contributed by atoms with Gasteiger partial charge in [-0.1, -0.05) is 0 Å². The summed E-state index contributed by atoms with van der Waals surface area (Å²) < 4.78 is 0. The topological polar surface area (TPSA) is 23.6 Å². The van der Waals surface area contributed by atoms with E-state index in [1.165, 1.54) is 0 Å². The lowest BCUT2D eigenvalue weighted by atomic mass is 10.0. The molecule has 0 saturated carbocycles. The van der Waals surface area contributed by atoms with Gasteiger partial charge in [0.1, 0.15) is 0 Å². The summed E-state index contributed by atoms with van der Waals surface area (Å²) >= 11 is 0. The normalized spacial score (nSPS) is 31.4. The molecular weight excluding hydrogens is 176 g/mol. The van der Waals surface area contributed by atoms with Gasteiger partial charge in [0, 0.05) is 18.5 Å². The van der Waals surface area contributed by atoms with Gasteiger partial charge in [0.2, 0.25) is 5.91 Å². The van der Waals surface area contributed by atoms with Gasteiger partial charge in [-0.2, -0.15) is 0 Å². The highest BCUT2D eigenvalue weighted by atomic mass is 16.2. The van der Waals surface area contributed by atoms with Crippen molar-refractivity contribution in [1.29, 1.82) is 0 Å². The van der Waals surface area contributed by atoms with E-state index in [9.17, 15) is 4.79 Å². The summed E-state index contributed by atoms with van der Waals surface area (Å²) in [6.07, 6.45) is 4.15. The molecular formula is C11H20N2O. The molecule has 1 amide bonds. The van der Waals surface area contributed by atoms with E-state index in [1.54, 1.807) is 0 Å². The van der Waals surface area contributed by atoms with Crippen molar-refractivity contribution in [2.24, 2.45) is 0 Å². The molecule has 0 aromatic heterocycles. The summed E-state index contributed by atoms with van der Waals surface area (Å²) in [6.45, 7) is 4.46. The van der Waals surface area contributed by atoms with E-state index in [1.807, 2.05) is 0 Å². The number of hydrogen-bond donors (Lipinski definition) is 0. The van der Waals surface area contributed by atoms with Gasteiger partial charge >= 0.3 is 0 Å². The van der Waals surface area contributed by atoms with Crippen LogP contribution in [0.3, 0.4) is 0 Å². The fourth-order valence-electron chi connectivity index (χ4n) is 2.68. The third-order valence-corrected chi connectivity index (χ3v) is 3.62. The zero-order valence-electron chi connectivity index (χ0n) is 9.20. The van der Waals surface area contributed by atoms with Gasteiger partial charge < -0.3 is 9.80 Å². The molecule has 0 aromatic rings. The van der Waals surface area contributed by atoms with Crippen LogP contribution in [0.25, 0.3) is 0 Å². The number of amides is 1. The molecule has 0 spiro atoms. The van der Waals surface area contributed by atoms with Crippen molar-refractivity contribution < 1.29 is 4.79 Å². The van der Waals surface area contributed by atoms with Crippen LogP contribution >= 0.6 is 0 Å². The molecule has 1 atom stereocenters. The number of carbonyl (C=O) groups is 1. The largest absolute Gasteiger partial charge is 0.337 e. The molecule has 2 saturated heterocycles. The van der Waals surface area contributed by atoms with Gasteiger partial charge in [-0.15, -0.1) is 0 Å². The third kappa shape index (κ3) is 1.78.